The summed E-state index contributed by atoms with van der Waals surface area (Å²) >= 11 is 1.58. The molecule has 192 valence electrons. The van der Waals surface area contributed by atoms with E-state index in [9.17, 15) is 13.2 Å². The molecule has 0 radical (unpaired) electrons. The van der Waals surface area contributed by atoms with Crippen molar-refractivity contribution in [2.24, 2.45) is 0 Å². The van der Waals surface area contributed by atoms with Crippen LogP contribution in [0.15, 0.2) is 95.2 Å². The molecule has 1 saturated heterocycles. The van der Waals surface area contributed by atoms with Gasteiger partial charge in [-0.3, -0.25) is 4.79 Å². The van der Waals surface area contributed by atoms with E-state index in [-0.39, 0.29) is 30.0 Å². The van der Waals surface area contributed by atoms with Gasteiger partial charge in [0.15, 0.2) is 0 Å². The maximum atomic E-state index is 13.9. The molecule has 5 rings (SSSR count). The molecule has 37 heavy (non-hydrogen) atoms. The minimum Gasteiger partial charge on any atom is -0.377 e. The average molecular weight is 535 g/mol. The number of ether oxygens (including phenoxy) is 1. The quantitative estimate of drug-likeness (QED) is 0.277. The Morgan fingerprint density at radius 3 is 2.43 bits per heavy atom. The van der Waals surface area contributed by atoms with E-state index in [2.05, 4.69) is 0 Å². The number of amides is 1. The molecule has 8 heteroatoms. The Bertz CT molecular complexity index is 1430. The molecule has 1 fully saturated rings. The van der Waals surface area contributed by atoms with Crippen molar-refractivity contribution in [1.29, 1.82) is 0 Å². The largest absolute Gasteiger partial charge is 0.377 e. The van der Waals surface area contributed by atoms with Crippen molar-refractivity contribution in [3.8, 4) is 0 Å². The van der Waals surface area contributed by atoms with Crippen molar-refractivity contribution in [3.05, 3.63) is 101 Å². The average Bonchev–Trinajstić information content (AvgIpc) is 3.63. The summed E-state index contributed by atoms with van der Waals surface area (Å²) in [6.45, 7) is 1.35. The van der Waals surface area contributed by atoms with Crippen LogP contribution >= 0.6 is 11.3 Å². The number of carbonyl (C=O) groups excluding carboxylic acids is 1. The molecule has 6 nitrogen and oxygen atoms in total. The third-order valence-electron chi connectivity index (χ3n) is 6.60. The fourth-order valence-corrected chi connectivity index (χ4v) is 6.79. The molecule has 1 unspecified atom stereocenters. The number of thiophene rings is 1. The molecular weight excluding hydrogens is 504 g/mol. The molecule has 4 aromatic rings. The van der Waals surface area contributed by atoms with E-state index in [1.807, 2.05) is 78.2 Å². The SMILES string of the molecule is O=C(CN(CC1CCCO1)S(=O)(=O)c1ccc2ccccc2c1)N(Cc1ccccc1)Cc1cccs1. The molecule has 0 N–H and O–H groups in total. The molecule has 0 saturated carbocycles. The lowest BCUT2D eigenvalue weighted by Crippen LogP contribution is -2.45. The highest BCUT2D eigenvalue weighted by Gasteiger charge is 2.32. The normalized spacial score (nSPS) is 15.9. The topological polar surface area (TPSA) is 66.9 Å². The van der Waals surface area contributed by atoms with Crippen LogP contribution in [0.3, 0.4) is 0 Å². The van der Waals surface area contributed by atoms with Crippen LogP contribution in [0.5, 0.6) is 0 Å². The summed E-state index contributed by atoms with van der Waals surface area (Å²) in [6.07, 6.45) is 1.45. The Morgan fingerprint density at radius 2 is 1.70 bits per heavy atom. The third kappa shape index (κ3) is 6.27. The molecule has 3 aromatic carbocycles. The standard InChI is InChI=1S/C29H30N2O4S2/c32-29(30(21-27-13-7-17-36-27)19-23-8-2-1-3-9-23)22-31(20-26-12-6-16-35-26)37(33,34)28-15-14-24-10-4-5-11-25(24)18-28/h1-5,7-11,13-15,17-18,26H,6,12,16,19-22H2. The molecule has 1 aromatic heterocycles. The van der Waals surface area contributed by atoms with Gasteiger partial charge in [0, 0.05) is 24.6 Å². The van der Waals surface area contributed by atoms with E-state index in [4.69, 9.17) is 4.74 Å². The first kappa shape index (κ1) is 25.6. The highest BCUT2D eigenvalue weighted by Crippen LogP contribution is 2.25. The van der Waals surface area contributed by atoms with Crippen LogP contribution in [0, 0.1) is 0 Å². The van der Waals surface area contributed by atoms with Crippen LogP contribution in [-0.4, -0.2) is 49.3 Å². The number of sulfonamides is 1. The van der Waals surface area contributed by atoms with Crippen molar-refractivity contribution in [3.63, 3.8) is 0 Å². The number of rotatable bonds is 10. The molecule has 1 aliphatic rings. The summed E-state index contributed by atoms with van der Waals surface area (Å²) < 4.78 is 34.9. The van der Waals surface area contributed by atoms with Crippen LogP contribution in [-0.2, 0) is 32.6 Å². The lowest BCUT2D eigenvalue weighted by Gasteiger charge is -2.28. The number of hydrogen-bond donors (Lipinski definition) is 0. The minimum absolute atomic E-state index is 0.152. The summed E-state index contributed by atoms with van der Waals surface area (Å²) in [5, 5.41) is 3.79. The summed E-state index contributed by atoms with van der Waals surface area (Å²) in [6, 6.07) is 26.5. The molecule has 2 heterocycles. The second-order valence-electron chi connectivity index (χ2n) is 9.26. The number of fused-ring (bicyclic) bond motifs is 1. The van der Waals surface area contributed by atoms with Gasteiger partial charge in [0.25, 0.3) is 0 Å². The molecule has 0 bridgehead atoms. The fourth-order valence-electron chi connectivity index (χ4n) is 4.62. The van der Waals surface area contributed by atoms with Gasteiger partial charge in [-0.05, 0) is 52.8 Å². The van der Waals surface area contributed by atoms with E-state index in [0.29, 0.717) is 19.7 Å². The number of nitrogens with zero attached hydrogens (tertiary/aromatic N) is 2. The summed E-state index contributed by atoms with van der Waals surface area (Å²) in [7, 11) is -3.94. The van der Waals surface area contributed by atoms with Crippen LogP contribution in [0.25, 0.3) is 10.8 Å². The minimum atomic E-state index is -3.94. The van der Waals surface area contributed by atoms with Gasteiger partial charge in [0.1, 0.15) is 0 Å². The van der Waals surface area contributed by atoms with Crippen molar-refractivity contribution >= 4 is 38.0 Å². The lowest BCUT2D eigenvalue weighted by molar-refractivity contribution is -0.132. The van der Waals surface area contributed by atoms with Crippen LogP contribution in [0.4, 0.5) is 0 Å². The number of benzene rings is 3. The molecular formula is C29H30N2O4S2. The Hall–Kier alpha value is -3.04. The van der Waals surface area contributed by atoms with E-state index >= 15 is 0 Å². The third-order valence-corrected chi connectivity index (χ3v) is 9.27. The van der Waals surface area contributed by atoms with Crippen molar-refractivity contribution in [2.75, 3.05) is 19.7 Å². The highest BCUT2D eigenvalue weighted by molar-refractivity contribution is 7.89. The fraction of sp³-hybridized carbons (Fsp3) is 0.276. The van der Waals surface area contributed by atoms with Gasteiger partial charge in [0.2, 0.25) is 15.9 Å². The maximum absolute atomic E-state index is 13.9. The predicted molar refractivity (Wildman–Crippen MR) is 147 cm³/mol. The van der Waals surface area contributed by atoms with Crippen LogP contribution in [0.1, 0.15) is 23.3 Å². The Morgan fingerprint density at radius 1 is 0.919 bits per heavy atom. The van der Waals surface area contributed by atoms with Gasteiger partial charge in [-0.2, -0.15) is 4.31 Å². The molecule has 0 aliphatic carbocycles. The van der Waals surface area contributed by atoms with Gasteiger partial charge in [0.05, 0.1) is 24.1 Å². The Kier molecular flexibility index (Phi) is 8.00. The van der Waals surface area contributed by atoms with E-state index in [0.717, 1.165) is 34.1 Å². The second kappa shape index (κ2) is 11.6. The first-order chi connectivity index (χ1) is 18.0. The smallest absolute Gasteiger partial charge is 0.243 e. The van der Waals surface area contributed by atoms with Crippen LogP contribution < -0.4 is 0 Å². The molecule has 0 spiro atoms. The van der Waals surface area contributed by atoms with Gasteiger partial charge in [-0.15, -0.1) is 11.3 Å². The van der Waals surface area contributed by atoms with Gasteiger partial charge < -0.3 is 9.64 Å². The Labute approximate surface area is 222 Å². The van der Waals surface area contributed by atoms with E-state index in [1.165, 1.54) is 4.31 Å². The van der Waals surface area contributed by atoms with E-state index in [1.54, 1.807) is 28.4 Å². The molecule has 1 aliphatic heterocycles. The first-order valence-corrected chi connectivity index (χ1v) is 14.8. The zero-order valence-corrected chi connectivity index (χ0v) is 22.2. The second-order valence-corrected chi connectivity index (χ2v) is 12.2. The number of carbonyl (C=O) groups is 1. The first-order valence-electron chi connectivity index (χ1n) is 12.4. The van der Waals surface area contributed by atoms with Crippen molar-refractivity contribution in [2.45, 2.75) is 36.9 Å². The summed E-state index contributed by atoms with van der Waals surface area (Å²) in [5.74, 6) is -0.236. The maximum Gasteiger partial charge on any atom is 0.243 e. The lowest BCUT2D eigenvalue weighted by atomic mass is 10.1. The van der Waals surface area contributed by atoms with Gasteiger partial charge in [-0.25, -0.2) is 8.42 Å². The molecule has 1 amide bonds. The summed E-state index contributed by atoms with van der Waals surface area (Å²) in [5.41, 5.74) is 0.996. The van der Waals surface area contributed by atoms with Crippen LogP contribution in [0.2, 0.25) is 0 Å². The monoisotopic (exact) mass is 534 g/mol. The predicted octanol–water partition coefficient (Wildman–Crippen LogP) is 5.30. The van der Waals surface area contributed by atoms with E-state index < -0.39 is 10.0 Å². The summed E-state index contributed by atoms with van der Waals surface area (Å²) in [4.78, 5) is 16.7. The number of hydrogen-bond acceptors (Lipinski definition) is 5. The molecule has 1 atom stereocenters. The zero-order valence-electron chi connectivity index (χ0n) is 20.5. The van der Waals surface area contributed by atoms with Gasteiger partial charge in [-0.1, -0.05) is 66.7 Å². The van der Waals surface area contributed by atoms with Crippen molar-refractivity contribution in [1.82, 2.24) is 9.21 Å². The Balaban J connectivity index is 1.43. The van der Waals surface area contributed by atoms with Gasteiger partial charge >= 0.3 is 0 Å². The zero-order chi connectivity index (χ0) is 25.7. The highest BCUT2D eigenvalue weighted by atomic mass is 32.2. The van der Waals surface area contributed by atoms with Crippen molar-refractivity contribution < 1.29 is 17.9 Å².